The Morgan fingerprint density at radius 3 is 2.50 bits per heavy atom. The van der Waals surface area contributed by atoms with Crippen LogP contribution in [0.3, 0.4) is 0 Å². The number of hydroxylamine groups is 2. The molecule has 1 aromatic rings. The van der Waals surface area contributed by atoms with E-state index in [9.17, 15) is 9.90 Å². The van der Waals surface area contributed by atoms with Crippen molar-refractivity contribution in [3.05, 3.63) is 29.8 Å². The minimum absolute atomic E-state index is 0.00399. The highest BCUT2D eigenvalue weighted by Crippen LogP contribution is 2.36. The molecule has 24 heavy (non-hydrogen) atoms. The van der Waals surface area contributed by atoms with Crippen LogP contribution in [0.4, 0.5) is 0 Å². The number of carbonyl (C=O) groups is 1. The first-order chi connectivity index (χ1) is 11.4. The van der Waals surface area contributed by atoms with Crippen LogP contribution in [0, 0.1) is 11.3 Å². The van der Waals surface area contributed by atoms with E-state index in [1.165, 1.54) is 0 Å². The molecule has 1 saturated heterocycles. The summed E-state index contributed by atoms with van der Waals surface area (Å²) in [5, 5.41) is 11.1. The molecule has 134 valence electrons. The Hall–Kier alpha value is -1.63. The molecule has 0 aliphatic carbocycles. The van der Waals surface area contributed by atoms with Crippen molar-refractivity contribution in [3.63, 3.8) is 0 Å². The second-order valence-electron chi connectivity index (χ2n) is 6.93. The highest BCUT2D eigenvalue weighted by atomic mass is 16.7. The quantitative estimate of drug-likeness (QED) is 0.769. The molecule has 1 aliphatic rings. The van der Waals surface area contributed by atoms with Crippen molar-refractivity contribution in [1.82, 2.24) is 5.06 Å². The number of aliphatic hydroxyl groups is 1. The maximum atomic E-state index is 12.3. The van der Waals surface area contributed by atoms with Gasteiger partial charge in [-0.25, -0.2) is 0 Å². The van der Waals surface area contributed by atoms with Crippen molar-refractivity contribution in [2.75, 3.05) is 34.0 Å². The standard InChI is InChI=1S/C18H27NO5/c1-18(2,11-20)12-24-17(21)14-9-16(19(10-14)23-4)13-5-7-15(22-3)8-6-13/h5-8,14,16,20H,9-12H2,1-4H3/t14-,16-/m0/s1. The zero-order valence-corrected chi connectivity index (χ0v) is 14.8. The van der Waals surface area contributed by atoms with Gasteiger partial charge in [0, 0.05) is 12.0 Å². The van der Waals surface area contributed by atoms with Crippen molar-refractivity contribution in [2.45, 2.75) is 26.3 Å². The number of esters is 1. The molecule has 1 heterocycles. The van der Waals surface area contributed by atoms with E-state index in [-0.39, 0.29) is 31.1 Å². The lowest BCUT2D eigenvalue weighted by molar-refractivity contribution is -0.158. The molecule has 0 saturated carbocycles. The Balaban J connectivity index is 2.01. The van der Waals surface area contributed by atoms with E-state index < -0.39 is 5.41 Å². The number of carbonyl (C=O) groups excluding carboxylic acids is 1. The van der Waals surface area contributed by atoms with Gasteiger partial charge in [0.1, 0.15) is 5.75 Å². The fraction of sp³-hybridized carbons (Fsp3) is 0.611. The SMILES string of the molecule is COc1ccc([C@@H]2C[C@H](C(=O)OCC(C)(C)CO)CN2OC)cc1. The molecular weight excluding hydrogens is 310 g/mol. The lowest BCUT2D eigenvalue weighted by Gasteiger charge is -2.22. The minimum Gasteiger partial charge on any atom is -0.497 e. The second-order valence-corrected chi connectivity index (χ2v) is 6.93. The van der Waals surface area contributed by atoms with E-state index in [1.54, 1.807) is 14.2 Å². The topological polar surface area (TPSA) is 68.2 Å². The first kappa shape index (κ1) is 18.7. The smallest absolute Gasteiger partial charge is 0.310 e. The molecule has 6 nitrogen and oxygen atoms in total. The number of rotatable bonds is 7. The Kier molecular flexibility index (Phi) is 6.21. The molecule has 0 unspecified atom stereocenters. The third kappa shape index (κ3) is 4.47. The van der Waals surface area contributed by atoms with Crippen molar-refractivity contribution >= 4 is 5.97 Å². The highest BCUT2D eigenvalue weighted by Gasteiger charge is 2.38. The first-order valence-electron chi connectivity index (χ1n) is 8.12. The Bertz CT molecular complexity index is 543. The van der Waals surface area contributed by atoms with Gasteiger partial charge in [-0.1, -0.05) is 26.0 Å². The first-order valence-corrected chi connectivity index (χ1v) is 8.12. The maximum Gasteiger partial charge on any atom is 0.310 e. The van der Waals surface area contributed by atoms with Crippen LogP contribution in [0.15, 0.2) is 24.3 Å². The van der Waals surface area contributed by atoms with Gasteiger partial charge in [0.25, 0.3) is 0 Å². The normalized spacial score (nSPS) is 21.7. The summed E-state index contributed by atoms with van der Waals surface area (Å²) in [6, 6.07) is 7.78. The third-order valence-electron chi connectivity index (χ3n) is 4.36. The lowest BCUT2D eigenvalue weighted by Crippen LogP contribution is -2.29. The fourth-order valence-corrected chi connectivity index (χ4v) is 2.74. The van der Waals surface area contributed by atoms with E-state index in [1.807, 2.05) is 43.2 Å². The van der Waals surface area contributed by atoms with E-state index in [4.69, 9.17) is 14.3 Å². The number of benzene rings is 1. The molecule has 2 atom stereocenters. The summed E-state index contributed by atoms with van der Waals surface area (Å²) in [4.78, 5) is 17.8. The van der Waals surface area contributed by atoms with E-state index in [0.717, 1.165) is 11.3 Å². The highest BCUT2D eigenvalue weighted by molar-refractivity contribution is 5.73. The molecule has 2 rings (SSSR count). The second kappa shape index (κ2) is 7.96. The average molecular weight is 337 g/mol. The summed E-state index contributed by atoms with van der Waals surface area (Å²) in [6.45, 7) is 4.39. The van der Waals surface area contributed by atoms with Gasteiger partial charge < -0.3 is 19.4 Å². The molecule has 1 aliphatic heterocycles. The van der Waals surface area contributed by atoms with E-state index in [2.05, 4.69) is 0 Å². The number of hydrogen-bond donors (Lipinski definition) is 1. The van der Waals surface area contributed by atoms with Crippen LogP contribution < -0.4 is 4.74 Å². The summed E-state index contributed by atoms with van der Waals surface area (Å²) < 4.78 is 10.6. The minimum atomic E-state index is -0.426. The Labute approximate surface area is 143 Å². The summed E-state index contributed by atoms with van der Waals surface area (Å²) in [5.41, 5.74) is 0.647. The zero-order valence-electron chi connectivity index (χ0n) is 14.8. The van der Waals surface area contributed by atoms with Gasteiger partial charge >= 0.3 is 5.97 Å². The molecule has 0 radical (unpaired) electrons. The molecule has 1 aromatic carbocycles. The van der Waals surface area contributed by atoms with Crippen molar-refractivity contribution in [3.8, 4) is 5.75 Å². The summed E-state index contributed by atoms with van der Waals surface area (Å²) in [5.74, 6) is 0.309. The van der Waals surface area contributed by atoms with Gasteiger partial charge in [0.05, 0.1) is 39.4 Å². The van der Waals surface area contributed by atoms with Crippen LogP contribution in [0.25, 0.3) is 0 Å². The van der Waals surface area contributed by atoms with Crippen LogP contribution in [0.5, 0.6) is 5.75 Å². The molecular formula is C18H27NO5. The van der Waals surface area contributed by atoms with Gasteiger partial charge in [-0.05, 0) is 24.1 Å². The van der Waals surface area contributed by atoms with E-state index >= 15 is 0 Å². The molecule has 0 spiro atoms. The lowest BCUT2D eigenvalue weighted by atomic mass is 9.96. The van der Waals surface area contributed by atoms with Crippen LogP contribution >= 0.6 is 0 Å². The van der Waals surface area contributed by atoms with Gasteiger partial charge in [-0.3, -0.25) is 4.79 Å². The third-order valence-corrected chi connectivity index (χ3v) is 4.36. The maximum absolute atomic E-state index is 12.3. The molecule has 0 aromatic heterocycles. The monoisotopic (exact) mass is 337 g/mol. The van der Waals surface area contributed by atoms with Crippen molar-refractivity contribution < 1.29 is 24.2 Å². The van der Waals surface area contributed by atoms with Gasteiger partial charge in [-0.2, -0.15) is 5.06 Å². The predicted molar refractivity (Wildman–Crippen MR) is 89.4 cm³/mol. The molecule has 0 amide bonds. The van der Waals surface area contributed by atoms with Crippen LogP contribution in [-0.2, 0) is 14.4 Å². The number of aliphatic hydroxyl groups excluding tert-OH is 1. The van der Waals surface area contributed by atoms with Crippen molar-refractivity contribution in [1.29, 1.82) is 0 Å². The number of methoxy groups -OCH3 is 1. The van der Waals surface area contributed by atoms with Crippen molar-refractivity contribution in [2.24, 2.45) is 11.3 Å². The largest absolute Gasteiger partial charge is 0.497 e. The summed E-state index contributed by atoms with van der Waals surface area (Å²) in [7, 11) is 3.24. The Morgan fingerprint density at radius 2 is 1.96 bits per heavy atom. The number of nitrogens with zero attached hydrogens (tertiary/aromatic N) is 1. The van der Waals surface area contributed by atoms with Gasteiger partial charge in [-0.15, -0.1) is 0 Å². The van der Waals surface area contributed by atoms with Crippen LogP contribution in [-0.4, -0.2) is 50.1 Å². The zero-order chi connectivity index (χ0) is 17.7. The van der Waals surface area contributed by atoms with Gasteiger partial charge in [0.2, 0.25) is 0 Å². The molecule has 1 N–H and O–H groups in total. The average Bonchev–Trinajstić information content (AvgIpc) is 3.04. The fourth-order valence-electron chi connectivity index (χ4n) is 2.74. The molecule has 0 bridgehead atoms. The van der Waals surface area contributed by atoms with E-state index in [0.29, 0.717) is 13.0 Å². The predicted octanol–water partition coefficient (Wildman–Crippen LogP) is 2.18. The molecule has 1 fully saturated rings. The van der Waals surface area contributed by atoms with Gasteiger partial charge in [0.15, 0.2) is 0 Å². The van der Waals surface area contributed by atoms with Crippen LogP contribution in [0.1, 0.15) is 31.9 Å². The number of hydrogen-bond acceptors (Lipinski definition) is 6. The summed E-state index contributed by atoms with van der Waals surface area (Å²) >= 11 is 0. The Morgan fingerprint density at radius 1 is 1.29 bits per heavy atom. The van der Waals surface area contributed by atoms with Crippen LogP contribution in [0.2, 0.25) is 0 Å². The number of ether oxygens (including phenoxy) is 2. The summed E-state index contributed by atoms with van der Waals surface area (Å²) in [6.07, 6.45) is 0.637. The molecule has 6 heteroatoms.